The third kappa shape index (κ3) is 6.11. The van der Waals surface area contributed by atoms with Crippen LogP contribution in [0.15, 0.2) is 58.3 Å². The van der Waals surface area contributed by atoms with Crippen molar-refractivity contribution >= 4 is 52.6 Å². The van der Waals surface area contributed by atoms with Crippen LogP contribution in [0, 0.1) is 0 Å². The molecule has 0 spiro atoms. The number of nitrogens with two attached hydrogens (primary N) is 1. The van der Waals surface area contributed by atoms with Gasteiger partial charge in [-0.05, 0) is 24.3 Å². The van der Waals surface area contributed by atoms with Gasteiger partial charge in [0.2, 0.25) is 11.8 Å². The highest BCUT2D eigenvalue weighted by Gasteiger charge is 2.09. The summed E-state index contributed by atoms with van der Waals surface area (Å²) in [5.41, 5.74) is 5.86. The topological polar surface area (TPSA) is 72.2 Å². The SMILES string of the molecule is NC(=O)CSc1ccccc1NC(=O)CCSc1ccccc1Cl. The Morgan fingerprint density at radius 2 is 1.67 bits per heavy atom. The van der Waals surface area contributed by atoms with E-state index in [0.29, 0.717) is 22.9 Å². The van der Waals surface area contributed by atoms with Crippen LogP contribution in [0.25, 0.3) is 0 Å². The second kappa shape index (κ2) is 9.61. The Hall–Kier alpha value is -1.63. The molecule has 0 bridgehead atoms. The number of benzene rings is 2. The predicted octanol–water partition coefficient (Wildman–Crippen LogP) is 4.04. The molecule has 0 aromatic heterocycles. The number of hydrogen-bond donors (Lipinski definition) is 2. The lowest BCUT2D eigenvalue weighted by Gasteiger charge is -2.10. The molecule has 0 radical (unpaired) electrons. The summed E-state index contributed by atoms with van der Waals surface area (Å²) in [5, 5.41) is 3.57. The number of rotatable bonds is 8. The fourth-order valence-electron chi connectivity index (χ4n) is 1.87. The highest BCUT2D eigenvalue weighted by Crippen LogP contribution is 2.28. The van der Waals surface area contributed by atoms with Crippen LogP contribution < -0.4 is 11.1 Å². The Bertz CT molecular complexity index is 725. The molecule has 2 aromatic carbocycles. The Labute approximate surface area is 154 Å². The second-order valence-electron chi connectivity index (χ2n) is 4.83. The van der Waals surface area contributed by atoms with Crippen LogP contribution in [0.3, 0.4) is 0 Å². The van der Waals surface area contributed by atoms with Gasteiger partial charge in [0.15, 0.2) is 0 Å². The molecule has 0 saturated carbocycles. The van der Waals surface area contributed by atoms with Gasteiger partial charge in [-0.3, -0.25) is 9.59 Å². The summed E-state index contributed by atoms with van der Waals surface area (Å²) in [6, 6.07) is 14.9. The monoisotopic (exact) mass is 380 g/mol. The molecule has 126 valence electrons. The molecular formula is C17H17ClN2O2S2. The smallest absolute Gasteiger partial charge is 0.227 e. The van der Waals surface area contributed by atoms with E-state index in [4.69, 9.17) is 17.3 Å². The molecule has 0 heterocycles. The molecule has 2 aromatic rings. The van der Waals surface area contributed by atoms with Gasteiger partial charge >= 0.3 is 0 Å². The summed E-state index contributed by atoms with van der Waals surface area (Å²) in [6.45, 7) is 0. The van der Waals surface area contributed by atoms with Crippen molar-refractivity contribution < 1.29 is 9.59 Å². The van der Waals surface area contributed by atoms with E-state index in [-0.39, 0.29) is 11.7 Å². The molecule has 2 amide bonds. The average molecular weight is 381 g/mol. The van der Waals surface area contributed by atoms with Gasteiger partial charge in [-0.2, -0.15) is 0 Å². The fourth-order valence-corrected chi connectivity index (χ4v) is 3.81. The molecule has 0 aliphatic rings. The zero-order valence-electron chi connectivity index (χ0n) is 12.8. The number of para-hydroxylation sites is 1. The minimum Gasteiger partial charge on any atom is -0.369 e. The van der Waals surface area contributed by atoms with Crippen LogP contribution in [0.1, 0.15) is 6.42 Å². The normalized spacial score (nSPS) is 10.4. The number of anilines is 1. The molecular weight excluding hydrogens is 364 g/mol. The maximum atomic E-state index is 12.1. The van der Waals surface area contributed by atoms with E-state index in [0.717, 1.165) is 9.79 Å². The summed E-state index contributed by atoms with van der Waals surface area (Å²) in [4.78, 5) is 24.8. The molecule has 3 N–H and O–H groups in total. The summed E-state index contributed by atoms with van der Waals surface area (Å²) in [5.74, 6) is 0.334. The van der Waals surface area contributed by atoms with Crippen molar-refractivity contribution in [2.24, 2.45) is 5.73 Å². The van der Waals surface area contributed by atoms with E-state index >= 15 is 0 Å². The van der Waals surface area contributed by atoms with E-state index in [1.54, 1.807) is 11.8 Å². The number of halogens is 1. The van der Waals surface area contributed by atoms with Crippen molar-refractivity contribution in [3.05, 3.63) is 53.6 Å². The third-order valence-corrected chi connectivity index (χ3v) is 5.57. The number of hydrogen-bond acceptors (Lipinski definition) is 4. The molecule has 0 saturated heterocycles. The van der Waals surface area contributed by atoms with Gasteiger partial charge in [0, 0.05) is 22.0 Å². The minimum atomic E-state index is -0.391. The summed E-state index contributed by atoms with van der Waals surface area (Å²) in [6.07, 6.45) is 0.366. The third-order valence-electron chi connectivity index (χ3n) is 2.95. The maximum Gasteiger partial charge on any atom is 0.227 e. The highest BCUT2D eigenvalue weighted by atomic mass is 35.5. The van der Waals surface area contributed by atoms with E-state index in [9.17, 15) is 9.59 Å². The maximum absolute atomic E-state index is 12.1. The number of carbonyl (C=O) groups excluding carboxylic acids is 2. The summed E-state index contributed by atoms with van der Waals surface area (Å²) in [7, 11) is 0. The minimum absolute atomic E-state index is 0.0818. The first kappa shape index (κ1) is 18.7. The molecule has 0 fully saturated rings. The highest BCUT2D eigenvalue weighted by molar-refractivity contribution is 8.00. The number of amides is 2. The molecule has 0 aliphatic heterocycles. The molecule has 4 nitrogen and oxygen atoms in total. The van der Waals surface area contributed by atoms with E-state index < -0.39 is 5.91 Å². The summed E-state index contributed by atoms with van der Waals surface area (Å²) >= 11 is 8.94. The van der Waals surface area contributed by atoms with Gasteiger partial charge < -0.3 is 11.1 Å². The van der Waals surface area contributed by atoms with E-state index in [1.807, 2.05) is 48.5 Å². The fraction of sp³-hybridized carbons (Fsp3) is 0.176. The van der Waals surface area contributed by atoms with Crippen LogP contribution >= 0.6 is 35.1 Å². The van der Waals surface area contributed by atoms with Crippen LogP contribution in [0.5, 0.6) is 0 Å². The molecule has 0 aliphatic carbocycles. The zero-order valence-corrected chi connectivity index (χ0v) is 15.2. The van der Waals surface area contributed by atoms with Gasteiger partial charge in [0.1, 0.15) is 0 Å². The first-order chi connectivity index (χ1) is 11.6. The first-order valence-electron chi connectivity index (χ1n) is 7.23. The van der Waals surface area contributed by atoms with Crippen LogP contribution in [-0.2, 0) is 9.59 Å². The molecule has 0 atom stereocenters. The lowest BCUT2D eigenvalue weighted by atomic mass is 10.3. The van der Waals surface area contributed by atoms with E-state index in [2.05, 4.69) is 5.32 Å². The lowest BCUT2D eigenvalue weighted by molar-refractivity contribution is -0.116. The Balaban J connectivity index is 1.86. The van der Waals surface area contributed by atoms with Crippen molar-refractivity contribution in [3.8, 4) is 0 Å². The van der Waals surface area contributed by atoms with E-state index in [1.165, 1.54) is 11.8 Å². The standard InChI is InChI=1S/C17H17ClN2O2S2/c18-12-5-1-3-7-14(12)23-10-9-17(22)20-13-6-2-4-8-15(13)24-11-16(19)21/h1-8H,9-11H2,(H2,19,21)(H,20,22). The first-order valence-corrected chi connectivity index (χ1v) is 9.58. The predicted molar refractivity (Wildman–Crippen MR) is 102 cm³/mol. The quantitative estimate of drug-likeness (QED) is 0.678. The van der Waals surface area contributed by atoms with Crippen LogP contribution in [0.2, 0.25) is 5.02 Å². The van der Waals surface area contributed by atoms with Gasteiger partial charge in [0.05, 0.1) is 16.5 Å². The number of thioether (sulfide) groups is 2. The van der Waals surface area contributed by atoms with Gasteiger partial charge in [-0.25, -0.2) is 0 Å². The molecule has 0 unspecified atom stereocenters. The second-order valence-corrected chi connectivity index (χ2v) is 7.39. The zero-order chi connectivity index (χ0) is 17.4. The number of carbonyl (C=O) groups is 2. The molecule has 2 rings (SSSR count). The van der Waals surface area contributed by atoms with Crippen molar-refractivity contribution in [2.45, 2.75) is 16.2 Å². The number of nitrogens with one attached hydrogen (secondary N) is 1. The van der Waals surface area contributed by atoms with Gasteiger partial charge in [-0.15, -0.1) is 23.5 Å². The number of primary amides is 1. The Morgan fingerprint density at radius 1 is 1.00 bits per heavy atom. The largest absolute Gasteiger partial charge is 0.369 e. The van der Waals surface area contributed by atoms with Crippen molar-refractivity contribution in [1.82, 2.24) is 0 Å². The summed E-state index contributed by atoms with van der Waals surface area (Å²) < 4.78 is 0. The molecule has 24 heavy (non-hydrogen) atoms. The van der Waals surface area contributed by atoms with Crippen molar-refractivity contribution in [1.29, 1.82) is 0 Å². The Kier molecular flexibility index (Phi) is 7.49. The van der Waals surface area contributed by atoms with Crippen molar-refractivity contribution in [2.75, 3.05) is 16.8 Å². The van der Waals surface area contributed by atoms with Gasteiger partial charge in [-0.1, -0.05) is 35.9 Å². The van der Waals surface area contributed by atoms with Crippen molar-refractivity contribution in [3.63, 3.8) is 0 Å². The van der Waals surface area contributed by atoms with Crippen LogP contribution in [0.4, 0.5) is 5.69 Å². The lowest BCUT2D eigenvalue weighted by Crippen LogP contribution is -2.15. The van der Waals surface area contributed by atoms with Crippen LogP contribution in [-0.4, -0.2) is 23.3 Å². The average Bonchev–Trinajstić information content (AvgIpc) is 2.56. The van der Waals surface area contributed by atoms with Gasteiger partial charge in [0.25, 0.3) is 0 Å². The molecule has 7 heteroatoms. The Morgan fingerprint density at radius 3 is 2.38 bits per heavy atom.